The first-order valence-corrected chi connectivity index (χ1v) is 6.40. The van der Waals surface area contributed by atoms with Crippen molar-refractivity contribution in [1.29, 1.82) is 0 Å². The Balaban J connectivity index is 2.43. The molecular formula is C11H9BrN2O2S. The van der Waals surface area contributed by atoms with E-state index < -0.39 is 5.97 Å². The maximum Gasteiger partial charge on any atom is 0.308 e. The summed E-state index contributed by atoms with van der Waals surface area (Å²) in [5, 5.41) is 9.21. The van der Waals surface area contributed by atoms with E-state index in [4.69, 9.17) is 10.8 Å². The van der Waals surface area contributed by atoms with Crippen molar-refractivity contribution in [1.82, 2.24) is 4.98 Å². The lowest BCUT2D eigenvalue weighted by Gasteiger charge is -2.00. The molecule has 0 amide bonds. The molecule has 1 heterocycles. The minimum Gasteiger partial charge on any atom is -0.481 e. The molecule has 0 atom stereocenters. The van der Waals surface area contributed by atoms with E-state index in [0.717, 1.165) is 10.0 Å². The van der Waals surface area contributed by atoms with Crippen LogP contribution < -0.4 is 5.73 Å². The van der Waals surface area contributed by atoms with Gasteiger partial charge in [0.05, 0.1) is 12.1 Å². The van der Waals surface area contributed by atoms with Crippen LogP contribution >= 0.6 is 27.3 Å². The van der Waals surface area contributed by atoms with E-state index in [-0.39, 0.29) is 6.42 Å². The van der Waals surface area contributed by atoms with Crippen LogP contribution in [0.3, 0.4) is 0 Å². The maximum absolute atomic E-state index is 10.7. The summed E-state index contributed by atoms with van der Waals surface area (Å²) < 4.78 is 0.962. The molecule has 0 saturated carbocycles. The number of thiazole rings is 1. The standard InChI is InChI=1S/C11H9BrN2O2S/c12-7-3-1-6(2-4-7)10-8(5-9(15)16)17-11(13)14-10/h1-4H,5H2,(H2,13,14)(H,15,16). The van der Waals surface area contributed by atoms with Crippen LogP contribution in [-0.4, -0.2) is 16.1 Å². The second-order valence-electron chi connectivity index (χ2n) is 3.40. The quantitative estimate of drug-likeness (QED) is 0.913. The fourth-order valence-electron chi connectivity index (χ4n) is 1.46. The van der Waals surface area contributed by atoms with E-state index in [0.29, 0.717) is 15.7 Å². The summed E-state index contributed by atoms with van der Waals surface area (Å²) in [6, 6.07) is 7.53. The summed E-state index contributed by atoms with van der Waals surface area (Å²) in [6.45, 7) is 0. The first-order chi connectivity index (χ1) is 8.06. The zero-order valence-electron chi connectivity index (χ0n) is 8.68. The van der Waals surface area contributed by atoms with Gasteiger partial charge in [-0.15, -0.1) is 11.3 Å². The molecule has 3 N–H and O–H groups in total. The molecule has 0 saturated heterocycles. The van der Waals surface area contributed by atoms with Gasteiger partial charge in [-0.25, -0.2) is 4.98 Å². The largest absolute Gasteiger partial charge is 0.481 e. The van der Waals surface area contributed by atoms with Crippen molar-refractivity contribution in [2.24, 2.45) is 0 Å². The fraction of sp³-hybridized carbons (Fsp3) is 0.0909. The van der Waals surface area contributed by atoms with Gasteiger partial charge in [-0.1, -0.05) is 28.1 Å². The smallest absolute Gasteiger partial charge is 0.308 e. The molecule has 6 heteroatoms. The van der Waals surface area contributed by atoms with Gasteiger partial charge in [0, 0.05) is 14.9 Å². The molecule has 0 spiro atoms. The molecule has 2 rings (SSSR count). The predicted octanol–water partition coefficient (Wildman–Crippen LogP) is 2.78. The summed E-state index contributed by atoms with van der Waals surface area (Å²) in [5.74, 6) is -0.882. The number of carboxylic acid groups (broad SMARTS) is 1. The van der Waals surface area contributed by atoms with Gasteiger partial charge in [-0.2, -0.15) is 0 Å². The molecule has 2 aromatic rings. The van der Waals surface area contributed by atoms with E-state index >= 15 is 0 Å². The molecule has 0 unspecified atom stereocenters. The Labute approximate surface area is 110 Å². The molecule has 88 valence electrons. The van der Waals surface area contributed by atoms with E-state index in [1.807, 2.05) is 24.3 Å². The third-order valence-electron chi connectivity index (χ3n) is 2.14. The Morgan fingerprint density at radius 2 is 2.06 bits per heavy atom. The number of aliphatic carboxylic acids is 1. The minimum absolute atomic E-state index is 0.0553. The fourth-order valence-corrected chi connectivity index (χ4v) is 2.57. The van der Waals surface area contributed by atoms with Crippen LogP contribution in [-0.2, 0) is 11.2 Å². The topological polar surface area (TPSA) is 76.2 Å². The van der Waals surface area contributed by atoms with Crippen LogP contribution in [0.25, 0.3) is 11.3 Å². The lowest BCUT2D eigenvalue weighted by Crippen LogP contribution is -1.99. The third kappa shape index (κ3) is 2.83. The number of hydrogen-bond donors (Lipinski definition) is 2. The van der Waals surface area contributed by atoms with Gasteiger partial charge >= 0.3 is 5.97 Å². The van der Waals surface area contributed by atoms with Gasteiger partial charge in [-0.3, -0.25) is 4.79 Å². The van der Waals surface area contributed by atoms with Crippen molar-refractivity contribution < 1.29 is 9.90 Å². The van der Waals surface area contributed by atoms with E-state index in [1.165, 1.54) is 11.3 Å². The van der Waals surface area contributed by atoms with Crippen molar-refractivity contribution in [3.63, 3.8) is 0 Å². The Bertz CT molecular complexity index is 551. The van der Waals surface area contributed by atoms with Gasteiger partial charge in [0.25, 0.3) is 0 Å². The number of hydrogen-bond acceptors (Lipinski definition) is 4. The normalized spacial score (nSPS) is 10.4. The molecule has 4 nitrogen and oxygen atoms in total. The first-order valence-electron chi connectivity index (χ1n) is 4.79. The number of aromatic nitrogens is 1. The number of nitrogens with zero attached hydrogens (tertiary/aromatic N) is 1. The van der Waals surface area contributed by atoms with Crippen LogP contribution in [0.4, 0.5) is 5.13 Å². The predicted molar refractivity (Wildman–Crippen MR) is 71.0 cm³/mol. The number of halogens is 1. The highest BCUT2D eigenvalue weighted by Gasteiger charge is 2.14. The van der Waals surface area contributed by atoms with Gasteiger partial charge in [-0.05, 0) is 12.1 Å². The van der Waals surface area contributed by atoms with Crippen LogP contribution in [0.2, 0.25) is 0 Å². The lowest BCUT2D eigenvalue weighted by molar-refractivity contribution is -0.136. The van der Waals surface area contributed by atoms with Gasteiger partial charge in [0.1, 0.15) is 0 Å². The maximum atomic E-state index is 10.7. The molecule has 1 aromatic heterocycles. The van der Waals surface area contributed by atoms with Crippen LogP contribution in [0.15, 0.2) is 28.7 Å². The highest BCUT2D eigenvalue weighted by atomic mass is 79.9. The molecule has 1 aromatic carbocycles. The zero-order valence-corrected chi connectivity index (χ0v) is 11.1. The molecule has 0 aliphatic rings. The van der Waals surface area contributed by atoms with Crippen molar-refractivity contribution in [2.75, 3.05) is 5.73 Å². The monoisotopic (exact) mass is 312 g/mol. The Hall–Kier alpha value is -1.40. The highest BCUT2D eigenvalue weighted by molar-refractivity contribution is 9.10. The van der Waals surface area contributed by atoms with Crippen molar-refractivity contribution >= 4 is 38.4 Å². The highest BCUT2D eigenvalue weighted by Crippen LogP contribution is 2.30. The summed E-state index contributed by atoms with van der Waals surface area (Å²) in [7, 11) is 0. The number of nitrogens with two attached hydrogens (primary N) is 1. The number of rotatable bonds is 3. The Morgan fingerprint density at radius 3 is 2.65 bits per heavy atom. The molecule has 17 heavy (non-hydrogen) atoms. The second-order valence-corrected chi connectivity index (χ2v) is 5.43. The van der Waals surface area contributed by atoms with Crippen molar-refractivity contribution in [2.45, 2.75) is 6.42 Å². The number of anilines is 1. The second kappa shape index (κ2) is 4.85. The van der Waals surface area contributed by atoms with E-state index in [2.05, 4.69) is 20.9 Å². The minimum atomic E-state index is -0.882. The lowest BCUT2D eigenvalue weighted by atomic mass is 10.1. The average Bonchev–Trinajstić information content (AvgIpc) is 2.59. The van der Waals surface area contributed by atoms with Gasteiger partial charge < -0.3 is 10.8 Å². The van der Waals surface area contributed by atoms with Crippen LogP contribution in [0.5, 0.6) is 0 Å². The Kier molecular flexibility index (Phi) is 3.44. The number of carboxylic acids is 1. The van der Waals surface area contributed by atoms with Crippen molar-refractivity contribution in [3.8, 4) is 11.3 Å². The summed E-state index contributed by atoms with van der Waals surface area (Å²) in [6.07, 6.45) is -0.0553. The molecule has 0 fully saturated rings. The summed E-state index contributed by atoms with van der Waals surface area (Å²) in [5.41, 5.74) is 7.16. The molecule has 0 radical (unpaired) electrons. The number of carbonyl (C=O) groups is 1. The summed E-state index contributed by atoms with van der Waals surface area (Å²) in [4.78, 5) is 15.6. The number of nitrogen functional groups attached to an aromatic ring is 1. The Morgan fingerprint density at radius 1 is 1.41 bits per heavy atom. The van der Waals surface area contributed by atoms with Gasteiger partial charge in [0.15, 0.2) is 5.13 Å². The third-order valence-corrected chi connectivity index (χ3v) is 3.56. The molecular weight excluding hydrogens is 304 g/mol. The van der Waals surface area contributed by atoms with E-state index in [1.54, 1.807) is 0 Å². The average molecular weight is 313 g/mol. The molecule has 0 aliphatic heterocycles. The number of benzene rings is 1. The van der Waals surface area contributed by atoms with Crippen molar-refractivity contribution in [3.05, 3.63) is 33.6 Å². The van der Waals surface area contributed by atoms with Gasteiger partial charge in [0.2, 0.25) is 0 Å². The first kappa shape index (κ1) is 12.1. The van der Waals surface area contributed by atoms with E-state index in [9.17, 15) is 4.79 Å². The summed E-state index contributed by atoms with van der Waals surface area (Å²) >= 11 is 4.56. The zero-order chi connectivity index (χ0) is 12.4. The molecule has 0 aliphatic carbocycles. The molecule has 0 bridgehead atoms. The van der Waals surface area contributed by atoms with Crippen LogP contribution in [0, 0.1) is 0 Å². The van der Waals surface area contributed by atoms with Crippen LogP contribution in [0.1, 0.15) is 4.88 Å². The SMILES string of the molecule is Nc1nc(-c2ccc(Br)cc2)c(CC(=O)O)s1.